The van der Waals surface area contributed by atoms with Crippen molar-refractivity contribution < 1.29 is 9.53 Å². The summed E-state index contributed by atoms with van der Waals surface area (Å²) in [6.45, 7) is 1.87. The molecule has 0 unspecified atom stereocenters. The van der Waals surface area contributed by atoms with Crippen LogP contribution in [0.1, 0.15) is 54.4 Å². The number of carbonyl (C=O) groups excluding carboxylic acids is 1. The Morgan fingerprint density at radius 2 is 1.83 bits per heavy atom. The molecule has 0 heterocycles. The minimum absolute atomic E-state index is 0.343. The van der Waals surface area contributed by atoms with Crippen molar-refractivity contribution in [3.05, 3.63) is 34.3 Å². The maximum absolute atomic E-state index is 11.6. The first-order valence-electron chi connectivity index (χ1n) is 9.14. The van der Waals surface area contributed by atoms with Gasteiger partial charge in [-0.3, -0.25) is 0 Å². The zero-order valence-corrected chi connectivity index (χ0v) is 15.1. The van der Waals surface area contributed by atoms with Crippen LogP contribution in [0.15, 0.2) is 18.2 Å². The first kappa shape index (κ1) is 16.4. The summed E-state index contributed by atoms with van der Waals surface area (Å²) in [5.41, 5.74) is 2.09. The van der Waals surface area contributed by atoms with Crippen molar-refractivity contribution in [2.24, 2.45) is 23.2 Å². The zero-order chi connectivity index (χ0) is 16.7. The number of rotatable bonds is 5. The van der Waals surface area contributed by atoms with Gasteiger partial charge >= 0.3 is 5.97 Å². The summed E-state index contributed by atoms with van der Waals surface area (Å²) in [6.07, 6.45) is 8.71. The number of hydrogen-bond acceptors (Lipinski definition) is 3. The Kier molecular flexibility index (Phi) is 4.34. The SMILES string of the molecule is COC(=O)c1ccc(CNCC23CC4CC(CC(C4)C2)C3)c(Cl)c1. The van der Waals surface area contributed by atoms with Crippen LogP contribution in [0.3, 0.4) is 0 Å². The number of benzene rings is 1. The van der Waals surface area contributed by atoms with Gasteiger partial charge in [0.2, 0.25) is 0 Å². The maximum atomic E-state index is 11.6. The van der Waals surface area contributed by atoms with E-state index in [0.29, 0.717) is 16.0 Å². The molecule has 0 aliphatic heterocycles. The van der Waals surface area contributed by atoms with Gasteiger partial charge in [-0.05, 0) is 79.4 Å². The summed E-state index contributed by atoms with van der Waals surface area (Å²) >= 11 is 6.34. The zero-order valence-electron chi connectivity index (χ0n) is 14.3. The minimum Gasteiger partial charge on any atom is -0.465 e. The molecule has 130 valence electrons. The lowest BCUT2D eigenvalue weighted by Crippen LogP contribution is -2.50. The molecule has 0 saturated heterocycles. The monoisotopic (exact) mass is 347 g/mol. The van der Waals surface area contributed by atoms with Crippen molar-refractivity contribution in [1.29, 1.82) is 0 Å². The number of esters is 1. The van der Waals surface area contributed by atoms with Gasteiger partial charge in [-0.25, -0.2) is 4.79 Å². The number of methoxy groups -OCH3 is 1. The molecule has 24 heavy (non-hydrogen) atoms. The smallest absolute Gasteiger partial charge is 0.337 e. The Hall–Kier alpha value is -1.06. The third-order valence-corrected chi connectivity index (χ3v) is 6.81. The van der Waals surface area contributed by atoms with E-state index in [2.05, 4.69) is 5.32 Å². The van der Waals surface area contributed by atoms with Crippen LogP contribution in [-0.2, 0) is 11.3 Å². The molecule has 4 aliphatic carbocycles. The van der Waals surface area contributed by atoms with Gasteiger partial charge in [-0.15, -0.1) is 0 Å². The van der Waals surface area contributed by atoms with Crippen LogP contribution in [0, 0.1) is 23.2 Å². The summed E-state index contributed by atoms with van der Waals surface area (Å²) in [7, 11) is 1.39. The first-order chi connectivity index (χ1) is 11.6. The van der Waals surface area contributed by atoms with Crippen LogP contribution < -0.4 is 5.32 Å². The lowest BCUT2D eigenvalue weighted by atomic mass is 9.49. The largest absolute Gasteiger partial charge is 0.465 e. The van der Waals surface area contributed by atoms with Crippen molar-refractivity contribution in [3.63, 3.8) is 0 Å². The molecule has 4 aliphatic rings. The lowest BCUT2D eigenvalue weighted by molar-refractivity contribution is -0.0514. The number of nitrogens with one attached hydrogen (secondary N) is 1. The average molecular weight is 348 g/mol. The lowest BCUT2D eigenvalue weighted by Gasteiger charge is -2.57. The normalized spacial score (nSPS) is 33.7. The molecule has 0 radical (unpaired) electrons. The van der Waals surface area contributed by atoms with Gasteiger partial charge in [-0.1, -0.05) is 17.7 Å². The molecule has 5 rings (SSSR count). The van der Waals surface area contributed by atoms with Crippen molar-refractivity contribution in [2.75, 3.05) is 13.7 Å². The quantitative estimate of drug-likeness (QED) is 0.800. The maximum Gasteiger partial charge on any atom is 0.337 e. The van der Waals surface area contributed by atoms with E-state index < -0.39 is 0 Å². The second kappa shape index (κ2) is 6.34. The first-order valence-corrected chi connectivity index (χ1v) is 9.52. The Bertz CT molecular complexity index is 607. The topological polar surface area (TPSA) is 38.3 Å². The second-order valence-corrected chi connectivity index (χ2v) is 8.73. The fourth-order valence-corrected chi connectivity index (χ4v) is 6.15. The molecule has 0 amide bonds. The standard InChI is InChI=1S/C20H26ClNO2/c1-24-19(23)16-2-3-17(18(21)7-16)11-22-12-20-8-13-4-14(9-20)6-15(5-13)10-20/h2-3,7,13-15,22H,4-6,8-12H2,1H3. The number of carbonyl (C=O) groups is 1. The fourth-order valence-electron chi connectivity index (χ4n) is 5.90. The van der Waals surface area contributed by atoms with E-state index in [9.17, 15) is 4.79 Å². The Morgan fingerprint density at radius 3 is 2.38 bits per heavy atom. The Balaban J connectivity index is 1.37. The molecule has 4 bridgehead atoms. The van der Waals surface area contributed by atoms with Gasteiger partial charge in [0.25, 0.3) is 0 Å². The van der Waals surface area contributed by atoms with Crippen LogP contribution in [0.4, 0.5) is 0 Å². The summed E-state index contributed by atoms with van der Waals surface area (Å²) in [6, 6.07) is 5.43. The van der Waals surface area contributed by atoms with E-state index in [-0.39, 0.29) is 5.97 Å². The molecule has 0 aromatic heterocycles. The van der Waals surface area contributed by atoms with Gasteiger partial charge in [0, 0.05) is 18.1 Å². The van der Waals surface area contributed by atoms with E-state index in [1.54, 1.807) is 12.1 Å². The van der Waals surface area contributed by atoms with Crippen molar-refractivity contribution >= 4 is 17.6 Å². The highest BCUT2D eigenvalue weighted by molar-refractivity contribution is 6.31. The van der Waals surface area contributed by atoms with Gasteiger partial charge in [0.05, 0.1) is 12.7 Å². The van der Waals surface area contributed by atoms with Crippen LogP contribution in [0.25, 0.3) is 0 Å². The minimum atomic E-state index is -0.343. The second-order valence-electron chi connectivity index (χ2n) is 8.32. The molecule has 1 aromatic carbocycles. The van der Waals surface area contributed by atoms with Crippen LogP contribution in [0.5, 0.6) is 0 Å². The molecule has 1 aromatic rings. The van der Waals surface area contributed by atoms with E-state index in [0.717, 1.165) is 36.4 Å². The third kappa shape index (κ3) is 3.09. The number of ether oxygens (including phenoxy) is 1. The van der Waals surface area contributed by atoms with E-state index in [4.69, 9.17) is 16.3 Å². The predicted molar refractivity (Wildman–Crippen MR) is 95.1 cm³/mol. The molecule has 4 heteroatoms. The summed E-state index contributed by atoms with van der Waals surface area (Å²) in [5, 5.41) is 4.30. The van der Waals surface area contributed by atoms with Gasteiger partial charge < -0.3 is 10.1 Å². The van der Waals surface area contributed by atoms with Crippen LogP contribution in [-0.4, -0.2) is 19.6 Å². The van der Waals surface area contributed by atoms with E-state index in [1.165, 1.54) is 45.6 Å². The van der Waals surface area contributed by atoms with Crippen LogP contribution in [0.2, 0.25) is 5.02 Å². The molecule has 0 spiro atoms. The Labute approximate surface area is 149 Å². The number of halogens is 1. The summed E-state index contributed by atoms with van der Waals surface area (Å²) < 4.78 is 4.74. The number of hydrogen-bond donors (Lipinski definition) is 1. The molecular weight excluding hydrogens is 322 g/mol. The Morgan fingerprint density at radius 1 is 1.21 bits per heavy atom. The van der Waals surface area contributed by atoms with Gasteiger partial charge in [-0.2, -0.15) is 0 Å². The highest BCUT2D eigenvalue weighted by atomic mass is 35.5. The van der Waals surface area contributed by atoms with Crippen LogP contribution >= 0.6 is 11.6 Å². The molecular formula is C20H26ClNO2. The highest BCUT2D eigenvalue weighted by Crippen LogP contribution is 2.59. The molecule has 3 nitrogen and oxygen atoms in total. The molecule has 1 N–H and O–H groups in total. The molecule has 4 saturated carbocycles. The fraction of sp³-hybridized carbons (Fsp3) is 0.650. The van der Waals surface area contributed by atoms with Gasteiger partial charge in [0.15, 0.2) is 0 Å². The van der Waals surface area contributed by atoms with Crippen molar-refractivity contribution in [2.45, 2.75) is 45.1 Å². The van der Waals surface area contributed by atoms with E-state index in [1.807, 2.05) is 6.07 Å². The van der Waals surface area contributed by atoms with Crippen molar-refractivity contribution in [3.8, 4) is 0 Å². The summed E-state index contributed by atoms with van der Waals surface area (Å²) in [5.74, 6) is 2.62. The van der Waals surface area contributed by atoms with Gasteiger partial charge in [0.1, 0.15) is 0 Å². The molecule has 0 atom stereocenters. The van der Waals surface area contributed by atoms with E-state index >= 15 is 0 Å². The van der Waals surface area contributed by atoms with Crippen molar-refractivity contribution in [1.82, 2.24) is 5.32 Å². The molecule has 4 fully saturated rings. The summed E-state index contributed by atoms with van der Waals surface area (Å²) in [4.78, 5) is 11.6. The highest BCUT2D eigenvalue weighted by Gasteiger charge is 2.50. The predicted octanol–water partition coefficient (Wildman–Crippen LogP) is 4.43. The third-order valence-electron chi connectivity index (χ3n) is 6.45. The average Bonchev–Trinajstić information content (AvgIpc) is 2.54.